The molecule has 0 aliphatic carbocycles. The topological polar surface area (TPSA) is 87.1 Å². The number of imide groups is 2. The van der Waals surface area contributed by atoms with Crippen molar-refractivity contribution in [1.29, 1.82) is 0 Å². The summed E-state index contributed by atoms with van der Waals surface area (Å²) >= 11 is 20.1. The number of hydrogen-bond acceptors (Lipinski definition) is 12. The predicted octanol–water partition coefficient (Wildman–Crippen LogP) is 23.1. The molecule has 0 unspecified atom stereocenters. The van der Waals surface area contributed by atoms with Crippen molar-refractivity contribution in [2.75, 3.05) is 0 Å². The molecule has 0 atom stereocenters. The number of amides is 4. The van der Waals surface area contributed by atoms with E-state index in [-0.39, 0.29) is 35.7 Å². The van der Waals surface area contributed by atoms with Crippen molar-refractivity contribution in [2.45, 2.75) is 220 Å². The zero-order valence-electron chi connectivity index (χ0n) is 46.9. The van der Waals surface area contributed by atoms with Crippen LogP contribution in [0.4, 0.5) is 0 Å². The van der Waals surface area contributed by atoms with Crippen LogP contribution < -0.4 is 0 Å². The van der Waals surface area contributed by atoms with Gasteiger partial charge in [0.15, 0.2) is 0 Å². The third-order valence-corrected chi connectivity index (χ3v) is 23.0. The molecule has 8 heterocycles. The van der Waals surface area contributed by atoms with Gasteiger partial charge in [-0.3, -0.25) is 29.0 Å². The summed E-state index contributed by atoms with van der Waals surface area (Å²) in [5.41, 5.74) is 2.54. The van der Waals surface area contributed by atoms with E-state index < -0.39 is 0 Å². The van der Waals surface area contributed by atoms with Crippen molar-refractivity contribution in [1.82, 2.24) is 9.80 Å². The van der Waals surface area contributed by atoms with Gasteiger partial charge in [-0.25, -0.2) is 0 Å². The van der Waals surface area contributed by atoms with Crippen LogP contribution in [-0.4, -0.2) is 53.2 Å². The Morgan fingerprint density at radius 2 is 0.684 bits per heavy atom. The first-order valence-corrected chi connectivity index (χ1v) is 36.3. The van der Waals surface area contributed by atoms with Crippen molar-refractivity contribution >= 4 is 144 Å². The Balaban J connectivity index is 0.000000243. The van der Waals surface area contributed by atoms with E-state index in [0.717, 1.165) is 98.0 Å². The van der Waals surface area contributed by atoms with Crippen LogP contribution in [0.1, 0.15) is 249 Å². The van der Waals surface area contributed by atoms with Gasteiger partial charge in [-0.15, -0.1) is 68.0 Å². The average Bonchev–Trinajstić information content (AvgIpc) is 4.51. The quantitative estimate of drug-likeness (QED) is 0.0189. The fourth-order valence-corrected chi connectivity index (χ4v) is 18.1. The summed E-state index contributed by atoms with van der Waals surface area (Å²) < 4.78 is 4.75. The van der Waals surface area contributed by atoms with Crippen LogP contribution in [0, 0.1) is 0 Å². The first kappa shape index (κ1) is 65.8. The van der Waals surface area contributed by atoms with Crippen molar-refractivity contribution in [3.05, 3.63) is 89.1 Å². The zero-order chi connectivity index (χ0) is 56.5. The van der Waals surface area contributed by atoms with E-state index in [0.29, 0.717) is 22.3 Å². The molecule has 2 aliphatic rings. The molecule has 6 aromatic heterocycles. The molecule has 0 aromatic carbocycles. The second kappa shape index (κ2) is 35.7. The number of carbonyl (C=O) groups excluding carboxylic acids is 4. The van der Waals surface area contributed by atoms with Gasteiger partial charge in [0.25, 0.3) is 23.6 Å². The second-order valence-corrected chi connectivity index (χ2v) is 29.9. The van der Waals surface area contributed by atoms with Crippen LogP contribution in [-0.2, 0) is 0 Å². The standard InChI is InChI=1S/C31H39Br2NO2S3.C31H41NO2S3.BHNS/c1-3-5-7-9-11-13-15-21(16-14-12-10-8-6-4-2)34-30(35)26-27(31(34)36)29(23-18-20-25(33)38-23)39-28(26)22-17-19-24(32)37-22;1-3-5-7-9-11-13-17-23(18-14-12-10-8-6-4-2)32-30(33)26-27(31(32)34)29(25-20-16-22-36-25)37-28(26)24-19-15-21-35-24;1-2-3/h17-21H,3-16H2,1-2H3;15-16,19-23H,3-14,17-18H2,1-2H3;3H. The molecule has 0 saturated heterocycles. The Morgan fingerprint density at radius 1 is 0.418 bits per heavy atom. The van der Waals surface area contributed by atoms with Crippen LogP contribution in [0.25, 0.3) is 39.0 Å². The number of halogens is 2. The Hall–Kier alpha value is -2.35. The van der Waals surface area contributed by atoms with Crippen LogP contribution in [0.15, 0.2) is 71.2 Å². The van der Waals surface area contributed by atoms with E-state index in [2.05, 4.69) is 109 Å². The maximum atomic E-state index is 14.1. The van der Waals surface area contributed by atoms with Gasteiger partial charge in [-0.1, -0.05) is 194 Å². The Kier molecular flexibility index (Phi) is 29.7. The first-order chi connectivity index (χ1) is 38.5. The first-order valence-electron chi connectivity index (χ1n) is 29.3. The summed E-state index contributed by atoms with van der Waals surface area (Å²) in [5, 5.41) is 4.09. The molecule has 0 fully saturated rings. The van der Waals surface area contributed by atoms with E-state index in [1.54, 1.807) is 77.8 Å². The fraction of sp³-hybridized carbons (Fsp3) is 0.548. The second-order valence-electron chi connectivity index (χ2n) is 20.8. The van der Waals surface area contributed by atoms with E-state index >= 15 is 0 Å². The van der Waals surface area contributed by atoms with Gasteiger partial charge in [-0.2, -0.15) is 0 Å². The summed E-state index contributed by atoms with van der Waals surface area (Å²) in [7, 11) is 4.34. The molecular weight excluding hydrogens is 1250 g/mol. The molecule has 0 spiro atoms. The Bertz CT molecular complexity index is 2620. The minimum absolute atomic E-state index is 0.00196. The molecule has 4 amide bonds. The van der Waals surface area contributed by atoms with Crippen molar-refractivity contribution in [2.24, 2.45) is 4.30 Å². The molecule has 1 radical (unpaired) electrons. The van der Waals surface area contributed by atoms with Gasteiger partial charge in [0, 0.05) is 31.6 Å². The molecule has 7 nitrogen and oxygen atoms in total. The normalized spacial score (nSPS) is 13.0. The minimum atomic E-state index is -0.0883. The monoisotopic (exact) mass is 1320 g/mol. The summed E-state index contributed by atoms with van der Waals surface area (Å²) in [4.78, 5) is 67.7. The van der Waals surface area contributed by atoms with Gasteiger partial charge in [0.1, 0.15) is 0 Å². The van der Waals surface area contributed by atoms with Crippen LogP contribution in [0.5, 0.6) is 0 Å². The molecule has 17 heteroatoms. The SMILES string of the molecule is CCCCCCCCC(CCCCCCCC)N1C(=O)c2c(-c3ccc(Br)s3)sc(-c3ccc(Br)s3)c2C1=O.CCCCCCCCC(CCCCCCCC)N1C(=O)c2c(-c3cccs3)sc(-c3cccs3)c2C1=O.[B]=NS. The van der Waals surface area contributed by atoms with Gasteiger partial charge in [-0.05, 0) is 105 Å². The number of rotatable bonds is 34. The summed E-state index contributed by atoms with van der Waals surface area (Å²) in [5.74, 6) is -0.307. The third kappa shape index (κ3) is 18.3. The summed E-state index contributed by atoms with van der Waals surface area (Å²) in [6, 6.07) is 16.3. The number of thiol groups is 1. The van der Waals surface area contributed by atoms with E-state index in [1.165, 1.54) is 128 Å². The maximum absolute atomic E-state index is 14.1. The van der Waals surface area contributed by atoms with E-state index in [4.69, 9.17) is 0 Å². The van der Waals surface area contributed by atoms with Crippen molar-refractivity contribution in [3.8, 4) is 39.0 Å². The molecule has 0 N–H and O–H groups in total. The number of unbranched alkanes of at least 4 members (excludes halogenated alkanes) is 20. The molecule has 0 saturated carbocycles. The van der Waals surface area contributed by atoms with Gasteiger partial charge >= 0.3 is 24.8 Å². The number of fused-ring (bicyclic) bond motifs is 2. The fourth-order valence-electron chi connectivity index (χ4n) is 10.8. The average molecular weight is 1330 g/mol. The molecule has 8 rings (SSSR count). The number of hydrogen-bond donors (Lipinski definition) is 1. The van der Waals surface area contributed by atoms with Crippen molar-refractivity contribution < 1.29 is 19.2 Å². The molecule has 0 bridgehead atoms. The summed E-state index contributed by atoms with van der Waals surface area (Å²) in [6.45, 7) is 8.97. The number of carbonyl (C=O) groups is 4. The Morgan fingerprint density at radius 3 is 0.924 bits per heavy atom. The molecule has 6 aromatic rings. The predicted molar refractivity (Wildman–Crippen MR) is 355 cm³/mol. The number of nitrogens with zero attached hydrogens (tertiary/aromatic N) is 3. The molecule has 79 heavy (non-hydrogen) atoms. The van der Waals surface area contributed by atoms with Crippen LogP contribution in [0.2, 0.25) is 0 Å². The summed E-state index contributed by atoms with van der Waals surface area (Å²) in [6.07, 6.45) is 32.9. The van der Waals surface area contributed by atoms with Crippen LogP contribution in [0.3, 0.4) is 0 Å². The van der Waals surface area contributed by atoms with Crippen molar-refractivity contribution in [3.63, 3.8) is 0 Å². The van der Waals surface area contributed by atoms with Gasteiger partial charge in [0.2, 0.25) is 0 Å². The molecular formula is C62H81BBr2N3O4S7. The van der Waals surface area contributed by atoms with Crippen LogP contribution >= 0.6 is 113 Å². The van der Waals surface area contributed by atoms with E-state index in [9.17, 15) is 19.2 Å². The number of thiophene rings is 6. The molecule has 2 aliphatic heterocycles. The molecule has 427 valence electrons. The van der Waals surface area contributed by atoms with E-state index in [1.807, 2.05) is 35.0 Å². The van der Waals surface area contributed by atoms with Gasteiger partial charge in [0.05, 0.1) is 49.3 Å². The zero-order valence-corrected chi connectivity index (χ0v) is 55.9. The van der Waals surface area contributed by atoms with Gasteiger partial charge < -0.3 is 0 Å². The Labute approximate surface area is 520 Å². The third-order valence-electron chi connectivity index (χ3n) is 14.9.